The SMILES string of the molecule is Cc1nnc(S[C@H](C)C(=O)Nc2ccccc2F)s1. The van der Waals surface area contributed by atoms with Gasteiger partial charge in [0.25, 0.3) is 0 Å². The van der Waals surface area contributed by atoms with Gasteiger partial charge in [-0.25, -0.2) is 4.39 Å². The molecule has 4 nitrogen and oxygen atoms in total. The van der Waals surface area contributed by atoms with Crippen LogP contribution in [0.3, 0.4) is 0 Å². The number of nitrogens with one attached hydrogen (secondary N) is 1. The van der Waals surface area contributed by atoms with Gasteiger partial charge in [0.15, 0.2) is 4.34 Å². The van der Waals surface area contributed by atoms with Crippen molar-refractivity contribution in [3.05, 3.63) is 35.1 Å². The number of benzene rings is 1. The number of para-hydroxylation sites is 1. The minimum Gasteiger partial charge on any atom is -0.323 e. The van der Waals surface area contributed by atoms with E-state index in [2.05, 4.69) is 15.5 Å². The maximum Gasteiger partial charge on any atom is 0.237 e. The Morgan fingerprint density at radius 3 is 2.79 bits per heavy atom. The largest absolute Gasteiger partial charge is 0.323 e. The van der Waals surface area contributed by atoms with Crippen molar-refractivity contribution in [2.24, 2.45) is 0 Å². The van der Waals surface area contributed by atoms with E-state index in [0.29, 0.717) is 0 Å². The minimum absolute atomic E-state index is 0.188. The Hall–Kier alpha value is -1.47. The van der Waals surface area contributed by atoms with Gasteiger partial charge < -0.3 is 5.32 Å². The average Bonchev–Trinajstić information content (AvgIpc) is 2.77. The molecule has 1 atom stereocenters. The highest BCUT2D eigenvalue weighted by Crippen LogP contribution is 2.27. The minimum atomic E-state index is -0.445. The number of aromatic nitrogens is 2. The lowest BCUT2D eigenvalue weighted by Gasteiger charge is -2.10. The normalized spacial score (nSPS) is 12.2. The van der Waals surface area contributed by atoms with Crippen LogP contribution in [-0.2, 0) is 4.79 Å². The third-order valence-electron chi connectivity index (χ3n) is 2.29. The Bertz CT molecular complexity index is 588. The van der Waals surface area contributed by atoms with Crippen LogP contribution >= 0.6 is 23.1 Å². The van der Waals surface area contributed by atoms with Crippen molar-refractivity contribution in [2.45, 2.75) is 23.4 Å². The van der Waals surface area contributed by atoms with Crippen molar-refractivity contribution in [1.82, 2.24) is 10.2 Å². The number of rotatable bonds is 4. The zero-order chi connectivity index (χ0) is 13.8. The molecular weight excluding hydrogens is 285 g/mol. The number of carbonyl (C=O) groups is 1. The predicted octanol–water partition coefficient (Wildman–Crippen LogP) is 3.10. The van der Waals surface area contributed by atoms with Crippen LogP contribution in [0.2, 0.25) is 0 Å². The smallest absolute Gasteiger partial charge is 0.237 e. The van der Waals surface area contributed by atoms with Crippen LogP contribution < -0.4 is 5.32 Å². The van der Waals surface area contributed by atoms with E-state index in [-0.39, 0.29) is 16.8 Å². The predicted molar refractivity (Wildman–Crippen MR) is 75.0 cm³/mol. The summed E-state index contributed by atoms with van der Waals surface area (Å²) in [5.41, 5.74) is 0.188. The highest BCUT2D eigenvalue weighted by atomic mass is 32.2. The maximum atomic E-state index is 13.4. The fourth-order valence-corrected chi connectivity index (χ4v) is 3.29. The summed E-state index contributed by atoms with van der Waals surface area (Å²) in [5, 5.41) is 10.9. The molecular formula is C12H12FN3OS2. The molecule has 0 spiro atoms. The van der Waals surface area contributed by atoms with Crippen molar-refractivity contribution in [1.29, 1.82) is 0 Å². The third-order valence-corrected chi connectivity index (χ3v) is 4.31. The van der Waals surface area contributed by atoms with Crippen molar-refractivity contribution >= 4 is 34.7 Å². The summed E-state index contributed by atoms with van der Waals surface area (Å²) in [6.45, 7) is 3.60. The molecule has 0 aliphatic heterocycles. The van der Waals surface area contributed by atoms with Crippen LogP contribution in [-0.4, -0.2) is 21.4 Å². The van der Waals surface area contributed by atoms with Crippen LogP contribution in [0.1, 0.15) is 11.9 Å². The lowest BCUT2D eigenvalue weighted by molar-refractivity contribution is -0.115. The number of halogens is 1. The van der Waals surface area contributed by atoms with Gasteiger partial charge in [-0.1, -0.05) is 35.2 Å². The molecule has 0 saturated carbocycles. The summed E-state index contributed by atoms with van der Waals surface area (Å²) in [6, 6.07) is 6.08. The van der Waals surface area contributed by atoms with Gasteiger partial charge in [-0.3, -0.25) is 4.79 Å². The van der Waals surface area contributed by atoms with Gasteiger partial charge >= 0.3 is 0 Å². The van der Waals surface area contributed by atoms with Crippen LogP contribution in [0, 0.1) is 12.7 Å². The first-order valence-electron chi connectivity index (χ1n) is 5.58. The van der Waals surface area contributed by atoms with Gasteiger partial charge in [0.2, 0.25) is 5.91 Å². The lowest BCUT2D eigenvalue weighted by atomic mass is 10.3. The second kappa shape index (κ2) is 6.12. The second-order valence-electron chi connectivity index (χ2n) is 3.82. The van der Waals surface area contributed by atoms with Gasteiger partial charge in [0, 0.05) is 0 Å². The average molecular weight is 297 g/mol. The van der Waals surface area contributed by atoms with E-state index in [1.54, 1.807) is 19.1 Å². The van der Waals surface area contributed by atoms with E-state index >= 15 is 0 Å². The maximum absolute atomic E-state index is 13.4. The number of aryl methyl sites for hydroxylation is 1. The Morgan fingerprint density at radius 1 is 1.42 bits per heavy atom. The number of hydrogen-bond acceptors (Lipinski definition) is 5. The molecule has 0 bridgehead atoms. The number of hydrogen-bond donors (Lipinski definition) is 1. The van der Waals surface area contributed by atoms with Crippen LogP contribution in [0.4, 0.5) is 10.1 Å². The van der Waals surface area contributed by atoms with Gasteiger partial charge in [-0.05, 0) is 26.0 Å². The molecule has 0 saturated heterocycles. The first-order valence-corrected chi connectivity index (χ1v) is 7.28. The molecule has 7 heteroatoms. The summed E-state index contributed by atoms with van der Waals surface area (Å²) in [5.74, 6) is -0.706. The van der Waals surface area contributed by atoms with Crippen molar-refractivity contribution in [3.8, 4) is 0 Å². The molecule has 1 heterocycles. The molecule has 2 aromatic rings. The standard InChI is InChI=1S/C12H12FN3OS2/c1-7(18-12-16-15-8(2)19-12)11(17)14-10-6-4-3-5-9(10)13/h3-7H,1-2H3,(H,14,17)/t7-/m1/s1. The molecule has 0 aliphatic rings. The summed E-state index contributed by atoms with van der Waals surface area (Å²) in [7, 11) is 0. The molecule has 0 radical (unpaired) electrons. The molecule has 2 rings (SSSR count). The van der Waals surface area contributed by atoms with Crippen LogP contribution in [0.5, 0.6) is 0 Å². The molecule has 1 aromatic heterocycles. The topological polar surface area (TPSA) is 54.9 Å². The molecule has 0 unspecified atom stereocenters. The quantitative estimate of drug-likeness (QED) is 0.881. The molecule has 0 aliphatic carbocycles. The van der Waals surface area contributed by atoms with E-state index in [9.17, 15) is 9.18 Å². The molecule has 1 amide bonds. The molecule has 19 heavy (non-hydrogen) atoms. The van der Waals surface area contributed by atoms with Crippen LogP contribution in [0.25, 0.3) is 0 Å². The lowest BCUT2D eigenvalue weighted by Crippen LogP contribution is -2.22. The number of carbonyl (C=O) groups excluding carboxylic acids is 1. The summed E-state index contributed by atoms with van der Waals surface area (Å²) >= 11 is 2.74. The highest BCUT2D eigenvalue weighted by molar-refractivity contribution is 8.02. The van der Waals surface area contributed by atoms with Gasteiger partial charge in [-0.15, -0.1) is 10.2 Å². The van der Waals surface area contributed by atoms with Gasteiger partial charge in [0.1, 0.15) is 10.8 Å². The number of anilines is 1. The molecule has 1 aromatic carbocycles. The van der Waals surface area contributed by atoms with Crippen molar-refractivity contribution < 1.29 is 9.18 Å². The number of amides is 1. The van der Waals surface area contributed by atoms with E-state index in [1.807, 2.05) is 6.92 Å². The van der Waals surface area contributed by atoms with E-state index in [4.69, 9.17) is 0 Å². The Labute approximate surface area is 118 Å². The number of thioether (sulfide) groups is 1. The first kappa shape index (κ1) is 14.0. The van der Waals surface area contributed by atoms with Crippen molar-refractivity contribution in [3.63, 3.8) is 0 Å². The summed E-state index contributed by atoms with van der Waals surface area (Å²) in [4.78, 5) is 11.9. The number of nitrogens with zero attached hydrogens (tertiary/aromatic N) is 2. The van der Waals surface area contributed by atoms with Crippen molar-refractivity contribution in [2.75, 3.05) is 5.32 Å². The summed E-state index contributed by atoms with van der Waals surface area (Å²) in [6.07, 6.45) is 0. The Morgan fingerprint density at radius 2 is 2.16 bits per heavy atom. The summed E-state index contributed by atoms with van der Waals surface area (Å²) < 4.78 is 14.1. The monoisotopic (exact) mass is 297 g/mol. The van der Waals surface area contributed by atoms with Gasteiger partial charge in [-0.2, -0.15) is 0 Å². The van der Waals surface area contributed by atoms with E-state index in [0.717, 1.165) is 9.35 Å². The zero-order valence-corrected chi connectivity index (χ0v) is 12.0. The fraction of sp³-hybridized carbons (Fsp3) is 0.250. The molecule has 0 fully saturated rings. The van der Waals surface area contributed by atoms with Crippen LogP contribution in [0.15, 0.2) is 28.6 Å². The molecule has 100 valence electrons. The Kier molecular flexibility index (Phi) is 4.49. The van der Waals surface area contributed by atoms with E-state index in [1.165, 1.54) is 35.2 Å². The first-order chi connectivity index (χ1) is 9.06. The highest BCUT2D eigenvalue weighted by Gasteiger charge is 2.17. The Balaban J connectivity index is 1.98. The molecule has 1 N–H and O–H groups in total. The third kappa shape index (κ3) is 3.74. The second-order valence-corrected chi connectivity index (χ2v) is 6.59. The van der Waals surface area contributed by atoms with Gasteiger partial charge in [0.05, 0.1) is 10.9 Å². The zero-order valence-electron chi connectivity index (χ0n) is 10.4. The fourth-order valence-electron chi connectivity index (χ4n) is 1.33. The van der Waals surface area contributed by atoms with E-state index < -0.39 is 5.82 Å².